The Hall–Kier alpha value is -3.20. The molecule has 48 heavy (non-hydrogen) atoms. The molecule has 0 aromatic heterocycles. The number of rotatable bonds is 7. The van der Waals surface area contributed by atoms with Crippen LogP contribution in [0.1, 0.15) is 46.5 Å². The van der Waals surface area contributed by atoms with Crippen LogP contribution in [0.2, 0.25) is 0 Å². The van der Waals surface area contributed by atoms with Crippen LogP contribution in [0.5, 0.6) is 0 Å². The number of allylic oxidation sites excluding steroid dienone is 5. The molecular formula is C33H43ClF2N8O4. The number of carbonyl (C=O) groups excluding carboxylic acids is 1. The van der Waals surface area contributed by atoms with Gasteiger partial charge in [0.25, 0.3) is 0 Å². The molecule has 0 saturated carbocycles. The summed E-state index contributed by atoms with van der Waals surface area (Å²) in [5, 5.41) is 7.68. The summed E-state index contributed by atoms with van der Waals surface area (Å²) >= 11 is 6.60. The van der Waals surface area contributed by atoms with E-state index in [0.29, 0.717) is 50.7 Å². The van der Waals surface area contributed by atoms with Crippen molar-refractivity contribution in [1.29, 1.82) is 0 Å². The third kappa shape index (κ3) is 6.20. The van der Waals surface area contributed by atoms with E-state index in [1.807, 2.05) is 31.7 Å². The summed E-state index contributed by atoms with van der Waals surface area (Å²) in [5.74, 6) is -1.94. The first kappa shape index (κ1) is 33.3. The van der Waals surface area contributed by atoms with Gasteiger partial charge in [0.05, 0.1) is 54.1 Å². The standard InChI is InChI=1S/C33H43ClF2N8O4/c1-4-9-47-31(45)41-32(3)16-43(8-10-46-17-32)29-22-13-37-28(25-19(2)23(34)11-24-21(25)14-38-42-24)26(36)27(22)39-30(40-29)48-18-33-6-5-7-44(33)15-20(35)12-33/h11,13-14,20-22,25,29,42H,4-10,12,15-18H2,1-3H3,(H,41,45)/t20-,21?,22?,25?,29?,32+,33+/m1/s1. The Kier molecular flexibility index (Phi) is 9.20. The maximum atomic E-state index is 17.0. The average molecular weight is 689 g/mol. The van der Waals surface area contributed by atoms with Gasteiger partial charge in [-0.1, -0.05) is 18.5 Å². The molecule has 3 saturated heterocycles. The van der Waals surface area contributed by atoms with Gasteiger partial charge in [-0.05, 0) is 51.3 Å². The lowest BCUT2D eigenvalue weighted by atomic mass is 9.77. The number of alkyl carbamates (subject to hydrolysis) is 1. The number of hydrogen-bond donors (Lipinski definition) is 2. The van der Waals surface area contributed by atoms with E-state index in [0.717, 1.165) is 30.7 Å². The fraction of sp³-hybridized carbons (Fsp3) is 0.667. The van der Waals surface area contributed by atoms with E-state index < -0.39 is 47.2 Å². The van der Waals surface area contributed by atoms with Crippen LogP contribution >= 0.6 is 11.6 Å². The molecule has 0 aromatic carbocycles. The highest BCUT2D eigenvalue weighted by Crippen LogP contribution is 2.44. The minimum atomic E-state index is -0.916. The van der Waals surface area contributed by atoms with E-state index in [9.17, 15) is 9.18 Å². The average Bonchev–Trinajstić information content (AvgIpc) is 3.71. The SMILES string of the molecule is CCCOC(=O)N[C@]1(C)COCCN(C2N=C(OC[C@@]34CCCN3C[C@H](F)C4)N=C3C(F)=C(C4C(C)=C(Cl)C=C5NN=CC54)N=CC32)C1. The van der Waals surface area contributed by atoms with Crippen molar-refractivity contribution in [3.63, 3.8) is 0 Å². The van der Waals surface area contributed by atoms with Crippen molar-refractivity contribution in [2.24, 2.45) is 37.8 Å². The molecule has 0 radical (unpaired) electrons. The lowest BCUT2D eigenvalue weighted by molar-refractivity contribution is 0.0862. The Labute approximate surface area is 284 Å². The monoisotopic (exact) mass is 688 g/mol. The third-order valence-electron chi connectivity index (χ3n) is 10.4. The number of halogens is 3. The molecule has 4 unspecified atom stereocenters. The topological polar surface area (TPSA) is 125 Å². The molecule has 1 aliphatic carbocycles. The number of nitrogens with one attached hydrogen (secondary N) is 2. The van der Waals surface area contributed by atoms with Crippen LogP contribution in [0.25, 0.3) is 0 Å². The zero-order valence-electron chi connectivity index (χ0n) is 27.6. The summed E-state index contributed by atoms with van der Waals surface area (Å²) in [5.41, 5.74) is 3.65. The van der Waals surface area contributed by atoms with Crippen molar-refractivity contribution < 1.29 is 27.8 Å². The summed E-state index contributed by atoms with van der Waals surface area (Å²) in [6.07, 6.45) is 6.02. The number of nitrogens with zero attached hydrogens (tertiary/aromatic N) is 6. The van der Waals surface area contributed by atoms with Crippen molar-refractivity contribution in [2.75, 3.05) is 52.6 Å². The lowest BCUT2D eigenvalue weighted by Gasteiger charge is -2.40. The second-order valence-electron chi connectivity index (χ2n) is 14.1. The molecule has 2 N–H and O–H groups in total. The smallest absolute Gasteiger partial charge is 0.407 e. The first-order chi connectivity index (χ1) is 23.1. The predicted octanol–water partition coefficient (Wildman–Crippen LogP) is 4.06. The van der Waals surface area contributed by atoms with Gasteiger partial charge < -0.3 is 19.5 Å². The van der Waals surface area contributed by atoms with Crippen molar-refractivity contribution in [1.82, 2.24) is 20.5 Å². The van der Waals surface area contributed by atoms with Gasteiger partial charge in [-0.2, -0.15) is 10.1 Å². The number of amidine groups is 1. The quantitative estimate of drug-likeness (QED) is 0.414. The normalized spacial score (nSPS) is 36.5. The van der Waals surface area contributed by atoms with Crippen LogP contribution in [0.4, 0.5) is 13.6 Å². The Bertz CT molecular complexity index is 1550. The van der Waals surface area contributed by atoms with Crippen LogP contribution in [0.3, 0.4) is 0 Å². The first-order valence-electron chi connectivity index (χ1n) is 16.9. The molecule has 7 aliphatic rings. The maximum absolute atomic E-state index is 17.0. The lowest BCUT2D eigenvalue weighted by Crippen LogP contribution is -2.58. The zero-order valence-corrected chi connectivity index (χ0v) is 28.3. The fourth-order valence-corrected chi connectivity index (χ4v) is 8.33. The minimum Gasteiger partial charge on any atom is -0.462 e. The third-order valence-corrected chi connectivity index (χ3v) is 10.8. The van der Waals surface area contributed by atoms with E-state index in [1.165, 1.54) is 0 Å². The summed E-state index contributed by atoms with van der Waals surface area (Å²) in [6, 6.07) is 0.0420. The highest BCUT2D eigenvalue weighted by molar-refractivity contribution is 6.32. The largest absolute Gasteiger partial charge is 0.462 e. The number of fused-ring (bicyclic) bond motifs is 3. The number of hydrogen-bond acceptors (Lipinski definition) is 11. The van der Waals surface area contributed by atoms with Gasteiger partial charge in [0.1, 0.15) is 18.9 Å². The van der Waals surface area contributed by atoms with Crippen LogP contribution in [0.15, 0.2) is 54.0 Å². The summed E-state index contributed by atoms with van der Waals surface area (Å²) in [6.45, 7) is 8.82. The summed E-state index contributed by atoms with van der Waals surface area (Å²) in [4.78, 5) is 31.2. The van der Waals surface area contributed by atoms with Crippen LogP contribution in [-0.4, -0.2) is 116 Å². The van der Waals surface area contributed by atoms with Gasteiger partial charge in [-0.15, -0.1) is 0 Å². The number of alkyl halides is 1. The molecule has 3 fully saturated rings. The molecule has 260 valence electrons. The van der Waals surface area contributed by atoms with Gasteiger partial charge >= 0.3 is 12.1 Å². The summed E-state index contributed by atoms with van der Waals surface area (Å²) < 4.78 is 49.1. The van der Waals surface area contributed by atoms with E-state index >= 15 is 4.39 Å². The Morgan fingerprint density at radius 2 is 2.15 bits per heavy atom. The molecular weight excluding hydrogens is 646 g/mol. The molecule has 6 heterocycles. The van der Waals surface area contributed by atoms with Crippen LogP contribution in [0, 0.1) is 17.8 Å². The Morgan fingerprint density at radius 3 is 2.98 bits per heavy atom. The number of amides is 1. The van der Waals surface area contributed by atoms with Crippen molar-refractivity contribution in [3.05, 3.63) is 33.9 Å². The molecule has 12 nitrogen and oxygen atoms in total. The van der Waals surface area contributed by atoms with Gasteiger partial charge in [-0.25, -0.2) is 18.6 Å². The molecule has 15 heteroatoms. The van der Waals surface area contributed by atoms with Crippen LogP contribution < -0.4 is 10.7 Å². The predicted molar refractivity (Wildman–Crippen MR) is 179 cm³/mol. The van der Waals surface area contributed by atoms with Gasteiger partial charge in [-0.3, -0.25) is 20.2 Å². The molecule has 0 aromatic rings. The molecule has 0 bridgehead atoms. The van der Waals surface area contributed by atoms with Crippen molar-refractivity contribution >= 4 is 41.9 Å². The number of hydrazone groups is 1. The molecule has 7 atom stereocenters. The number of aliphatic imine (C=N–C) groups is 3. The van der Waals surface area contributed by atoms with E-state index in [1.54, 1.807) is 12.4 Å². The van der Waals surface area contributed by atoms with Crippen molar-refractivity contribution in [2.45, 2.75) is 69.9 Å². The second-order valence-corrected chi connectivity index (χ2v) is 14.5. The zero-order chi connectivity index (χ0) is 33.6. The number of carbonyl (C=O) groups is 1. The Balaban J connectivity index is 1.21. The van der Waals surface area contributed by atoms with E-state index in [-0.39, 0.29) is 36.6 Å². The van der Waals surface area contributed by atoms with Gasteiger partial charge in [0.15, 0.2) is 5.83 Å². The van der Waals surface area contributed by atoms with Crippen LogP contribution in [-0.2, 0) is 14.2 Å². The molecule has 7 rings (SSSR count). The van der Waals surface area contributed by atoms with E-state index in [4.69, 9.17) is 35.8 Å². The van der Waals surface area contributed by atoms with E-state index in [2.05, 4.69) is 25.7 Å². The van der Waals surface area contributed by atoms with Gasteiger partial charge in [0.2, 0.25) is 0 Å². The highest BCUT2D eigenvalue weighted by atomic mass is 35.5. The Morgan fingerprint density at radius 1 is 1.29 bits per heavy atom. The molecule has 1 amide bonds. The minimum absolute atomic E-state index is 0.0420. The molecule has 6 aliphatic heterocycles. The number of ether oxygens (including phenoxy) is 3. The first-order valence-corrected chi connectivity index (χ1v) is 17.2. The molecule has 0 spiro atoms. The second kappa shape index (κ2) is 13.3. The highest BCUT2D eigenvalue weighted by Gasteiger charge is 2.50. The fourth-order valence-electron chi connectivity index (χ4n) is 8.09. The summed E-state index contributed by atoms with van der Waals surface area (Å²) in [7, 11) is 0. The van der Waals surface area contributed by atoms with Gasteiger partial charge in [0, 0.05) is 55.1 Å². The maximum Gasteiger partial charge on any atom is 0.407 e. The van der Waals surface area contributed by atoms with Crippen molar-refractivity contribution in [3.8, 4) is 0 Å².